The molecule has 1 amide bonds. The molecule has 1 unspecified atom stereocenters. The van der Waals surface area contributed by atoms with Crippen LogP contribution in [0.1, 0.15) is 126 Å². The van der Waals surface area contributed by atoms with Gasteiger partial charge in [0.15, 0.2) is 5.82 Å². The van der Waals surface area contributed by atoms with Crippen LogP contribution in [0.5, 0.6) is 11.8 Å². The molecule has 0 radical (unpaired) electrons. The molecule has 4 aromatic rings. The molecular weight excluding hydrogens is 852 g/mol. The van der Waals surface area contributed by atoms with E-state index < -0.39 is 42.8 Å². The van der Waals surface area contributed by atoms with E-state index in [2.05, 4.69) is 61.4 Å². The maximum Gasteiger partial charge on any atom is 0.410 e. The number of hydrogen-bond acceptors (Lipinski definition) is 9. The molecule has 5 heterocycles. The Morgan fingerprint density at radius 1 is 0.985 bits per heavy atom. The minimum atomic E-state index is -2.51. The molecule has 356 valence electrons. The fourth-order valence-corrected chi connectivity index (χ4v) is 16.3. The van der Waals surface area contributed by atoms with Crippen LogP contribution in [0, 0.1) is 11.6 Å². The van der Waals surface area contributed by atoms with Gasteiger partial charge in [-0.2, -0.15) is 4.98 Å². The van der Waals surface area contributed by atoms with Crippen LogP contribution < -0.4 is 14.7 Å². The minimum Gasteiger partial charge on any atom is -0.543 e. The van der Waals surface area contributed by atoms with E-state index in [9.17, 15) is 14.0 Å². The maximum absolute atomic E-state index is 17.3. The van der Waals surface area contributed by atoms with E-state index in [1.165, 1.54) is 12.3 Å². The normalized spacial score (nSPS) is 20.9. The van der Waals surface area contributed by atoms with E-state index in [0.29, 0.717) is 73.2 Å². The van der Waals surface area contributed by atoms with Crippen molar-refractivity contribution >= 4 is 36.1 Å². The van der Waals surface area contributed by atoms with Crippen molar-refractivity contribution in [1.82, 2.24) is 24.8 Å². The van der Waals surface area contributed by atoms with E-state index in [4.69, 9.17) is 18.6 Å². The largest absolute Gasteiger partial charge is 0.543 e. The molecule has 15 heteroatoms. The van der Waals surface area contributed by atoms with E-state index in [1.54, 1.807) is 17.0 Å². The molecule has 0 aliphatic carbocycles. The Bertz CT molecular complexity index is 2370. The van der Waals surface area contributed by atoms with Gasteiger partial charge in [-0.15, -0.1) is 0 Å². The quantitative estimate of drug-likeness (QED) is 0.0865. The summed E-state index contributed by atoms with van der Waals surface area (Å²) in [6, 6.07) is 6.73. The van der Waals surface area contributed by atoms with Crippen molar-refractivity contribution in [2.45, 2.75) is 167 Å². The molecule has 7 rings (SSSR count). The van der Waals surface area contributed by atoms with E-state index >= 15 is 8.78 Å². The minimum absolute atomic E-state index is 0.0541. The number of nitrogens with zero attached hydrogens (tertiary/aromatic N) is 4. The van der Waals surface area contributed by atoms with Crippen molar-refractivity contribution in [1.29, 1.82) is 0 Å². The van der Waals surface area contributed by atoms with Gasteiger partial charge in [0, 0.05) is 37.9 Å². The molecule has 2 aromatic heterocycles. The van der Waals surface area contributed by atoms with E-state index in [1.807, 2.05) is 26.8 Å². The first kappa shape index (κ1) is 48.7. The smallest absolute Gasteiger partial charge is 0.410 e. The van der Waals surface area contributed by atoms with Crippen molar-refractivity contribution < 1.29 is 36.6 Å². The summed E-state index contributed by atoms with van der Waals surface area (Å²) in [7, 11) is -2.51. The fraction of sp³-hybridized carbons (Fsp3) is 0.640. The number of ether oxygens (including phenoxy) is 3. The van der Waals surface area contributed by atoms with Crippen LogP contribution in [0.15, 0.2) is 35.3 Å². The molecule has 3 saturated heterocycles. The number of aryl methyl sites for hydroxylation is 1. The predicted molar refractivity (Wildman–Crippen MR) is 252 cm³/mol. The SMILES string of the molecule is CC(C)[Si](Oc1cc(-c2ncc3c(=O)[nH]c(OC[C@@]45CCCN4C[C@H](F)C5)nc3c2F)c2c(CCCCCOC3CCCCN(C(=O)OC(C)(C)C)C3)c(F)ccc2c1)(C(C)C)C(C)C. The number of hydrogen-bond donors (Lipinski definition) is 1. The number of H-pyrrole nitrogens is 1. The number of benzene rings is 2. The number of halogens is 3. The Morgan fingerprint density at radius 2 is 1.74 bits per heavy atom. The number of likely N-dealkylation sites (tertiary alicyclic amines) is 1. The number of nitrogens with one attached hydrogen (secondary N) is 1. The number of carbonyl (C=O) groups excluding carboxylic acids is 1. The first-order chi connectivity index (χ1) is 30.8. The highest BCUT2D eigenvalue weighted by molar-refractivity contribution is 6.78. The number of amides is 1. The van der Waals surface area contributed by atoms with Gasteiger partial charge in [-0.05, 0) is 130 Å². The second kappa shape index (κ2) is 19.9. The monoisotopic (exact) mass is 922 g/mol. The van der Waals surface area contributed by atoms with Crippen molar-refractivity contribution in [3.8, 4) is 23.0 Å². The number of fused-ring (bicyclic) bond motifs is 3. The highest BCUT2D eigenvalue weighted by Crippen LogP contribution is 2.46. The van der Waals surface area contributed by atoms with Gasteiger partial charge in [-0.1, -0.05) is 54.0 Å². The third-order valence-corrected chi connectivity index (χ3v) is 20.0. The maximum atomic E-state index is 17.3. The first-order valence-electron chi connectivity index (χ1n) is 24.0. The Labute approximate surface area is 383 Å². The summed E-state index contributed by atoms with van der Waals surface area (Å²) in [5, 5.41) is 1.16. The summed E-state index contributed by atoms with van der Waals surface area (Å²) in [4.78, 5) is 41.8. The second-order valence-corrected chi connectivity index (χ2v) is 26.0. The predicted octanol–water partition coefficient (Wildman–Crippen LogP) is 11.4. The van der Waals surface area contributed by atoms with Gasteiger partial charge < -0.3 is 23.5 Å². The number of pyridine rings is 1. The van der Waals surface area contributed by atoms with Gasteiger partial charge in [0.25, 0.3) is 19.9 Å². The van der Waals surface area contributed by atoms with Gasteiger partial charge in [0.1, 0.15) is 41.2 Å². The van der Waals surface area contributed by atoms with Gasteiger partial charge in [-0.3, -0.25) is 19.7 Å². The molecule has 11 nitrogen and oxygen atoms in total. The third-order valence-electron chi connectivity index (χ3n) is 14.0. The molecule has 3 atom stereocenters. The summed E-state index contributed by atoms with van der Waals surface area (Å²) in [5.74, 6) is -0.687. The molecule has 3 aliphatic heterocycles. The zero-order chi connectivity index (χ0) is 46.8. The summed E-state index contributed by atoms with van der Waals surface area (Å²) in [5.41, 5.74) is -0.445. The van der Waals surface area contributed by atoms with Crippen LogP contribution in [0.4, 0.5) is 18.0 Å². The molecule has 0 spiro atoms. The van der Waals surface area contributed by atoms with E-state index in [0.717, 1.165) is 51.5 Å². The van der Waals surface area contributed by atoms with Crippen LogP contribution in [0.3, 0.4) is 0 Å². The van der Waals surface area contributed by atoms with Gasteiger partial charge in [-0.25, -0.2) is 18.0 Å². The first-order valence-corrected chi connectivity index (χ1v) is 26.1. The van der Waals surface area contributed by atoms with Crippen molar-refractivity contribution in [3.05, 3.63) is 58.0 Å². The van der Waals surface area contributed by atoms with Crippen molar-refractivity contribution in [2.24, 2.45) is 0 Å². The summed E-state index contributed by atoms with van der Waals surface area (Å²) in [6.45, 7) is 21.6. The highest BCUT2D eigenvalue weighted by atomic mass is 28.4. The third kappa shape index (κ3) is 10.5. The Balaban J connectivity index is 1.18. The van der Waals surface area contributed by atoms with Crippen LogP contribution in [-0.4, -0.2) is 102 Å². The lowest BCUT2D eigenvalue weighted by atomic mass is 9.93. The molecule has 2 aromatic carbocycles. The zero-order valence-corrected chi connectivity index (χ0v) is 41.0. The van der Waals surface area contributed by atoms with Crippen LogP contribution in [0.25, 0.3) is 32.9 Å². The molecule has 65 heavy (non-hydrogen) atoms. The molecule has 3 aliphatic rings. The second-order valence-electron chi connectivity index (χ2n) is 20.7. The average molecular weight is 922 g/mol. The lowest BCUT2D eigenvalue weighted by Gasteiger charge is -2.42. The molecular formula is C50H70F3N5O6Si. The topological polar surface area (TPSA) is 119 Å². The van der Waals surface area contributed by atoms with Crippen molar-refractivity contribution in [3.63, 3.8) is 0 Å². The highest BCUT2D eigenvalue weighted by Gasteiger charge is 2.50. The number of unbranched alkanes of at least 4 members (excludes halogenated alkanes) is 2. The number of aromatic amines is 1. The Kier molecular flexibility index (Phi) is 14.9. The molecule has 3 fully saturated rings. The molecule has 1 N–H and O–H groups in total. The van der Waals surface area contributed by atoms with Crippen molar-refractivity contribution in [2.75, 3.05) is 39.4 Å². The fourth-order valence-electron chi connectivity index (χ4n) is 11.1. The Hall–Kier alpha value is -4.21. The summed E-state index contributed by atoms with van der Waals surface area (Å²) in [6.07, 6.45) is 7.18. The van der Waals surface area contributed by atoms with Gasteiger partial charge >= 0.3 is 6.09 Å². The van der Waals surface area contributed by atoms with Gasteiger partial charge in [0.2, 0.25) is 0 Å². The van der Waals surface area contributed by atoms with Crippen LogP contribution >= 0.6 is 0 Å². The number of carbonyl (C=O) groups is 1. The van der Waals surface area contributed by atoms with Crippen LogP contribution in [-0.2, 0) is 15.9 Å². The molecule has 0 saturated carbocycles. The number of aromatic nitrogens is 3. The standard InChI is InChI=1S/C50H70F3N5O6Si/c1-31(2)65(32(3)4,33(5)6)64-37-24-34-18-19-41(52)38(17-11-10-14-23-61-36-16-12-13-21-57(29-36)48(60)63-49(7,8)9)42(34)39(25-37)44-43(53)45-40(27-54-44)46(59)56-47(55-45)62-30-50-20-15-22-58(50)28-35(51)26-50/h18-19,24-25,27,31-33,35-36H,10-17,20-23,26,28-30H2,1-9H3,(H,55,56,59)/t35-,36?,50+/m1/s1. The summed E-state index contributed by atoms with van der Waals surface area (Å²) < 4.78 is 73.2. The van der Waals surface area contributed by atoms with Gasteiger partial charge in [0.05, 0.1) is 23.6 Å². The summed E-state index contributed by atoms with van der Waals surface area (Å²) >= 11 is 0. The molecule has 0 bridgehead atoms. The Morgan fingerprint density at radius 3 is 2.46 bits per heavy atom. The number of alkyl halides is 1. The average Bonchev–Trinajstić information content (AvgIpc) is 3.65. The lowest BCUT2D eigenvalue weighted by Crippen LogP contribution is -2.50. The van der Waals surface area contributed by atoms with E-state index in [-0.39, 0.29) is 58.0 Å². The lowest BCUT2D eigenvalue weighted by molar-refractivity contribution is 0.000423. The number of rotatable bonds is 16. The van der Waals surface area contributed by atoms with Crippen LogP contribution in [0.2, 0.25) is 16.6 Å². The zero-order valence-electron chi connectivity index (χ0n) is 40.0.